The number of benzene rings is 1. The van der Waals surface area contributed by atoms with Crippen LogP contribution in [0.25, 0.3) is 0 Å². The molecule has 14 heavy (non-hydrogen) atoms. The molecule has 0 atom stereocenters. The number of carbonyl (C=O) groups is 1. The highest BCUT2D eigenvalue weighted by atomic mass is 32.2. The summed E-state index contributed by atoms with van der Waals surface area (Å²) in [4.78, 5) is 12.0. The third-order valence-corrected chi connectivity index (χ3v) is 3.43. The minimum Gasteiger partial charge on any atom is -0.371 e. The molecule has 0 bridgehead atoms. The van der Waals surface area contributed by atoms with Crippen molar-refractivity contribution in [2.24, 2.45) is 0 Å². The van der Waals surface area contributed by atoms with E-state index in [0.29, 0.717) is 10.6 Å². The van der Waals surface area contributed by atoms with Gasteiger partial charge in [0.05, 0.1) is 10.6 Å². The molecule has 2 rings (SSSR count). The van der Waals surface area contributed by atoms with Gasteiger partial charge in [-0.1, -0.05) is 6.07 Å². The third kappa shape index (κ3) is 1.39. The van der Waals surface area contributed by atoms with E-state index in [1.807, 2.05) is 0 Å². The average molecular weight is 211 g/mol. The van der Waals surface area contributed by atoms with Gasteiger partial charge >= 0.3 is 0 Å². The highest BCUT2D eigenvalue weighted by Gasteiger charge is 2.34. The molecule has 1 aromatic rings. The van der Waals surface area contributed by atoms with Gasteiger partial charge in [-0.05, 0) is 37.7 Å². The number of hydrogen-bond acceptors (Lipinski definition) is 3. The third-order valence-electron chi connectivity index (χ3n) is 2.12. The Kier molecular flexibility index (Phi) is 2.03. The summed E-state index contributed by atoms with van der Waals surface area (Å²) in [5.41, 5.74) is 0.0745. The minimum atomic E-state index is -0.620. The van der Waals surface area contributed by atoms with Crippen LogP contribution in [0.3, 0.4) is 0 Å². The highest BCUT2D eigenvalue weighted by Crippen LogP contribution is 2.39. The lowest BCUT2D eigenvalue weighted by atomic mass is 10.1. The molecule has 74 valence electrons. The van der Waals surface area contributed by atoms with Crippen LogP contribution >= 0.6 is 11.8 Å². The Morgan fingerprint density at radius 1 is 1.43 bits per heavy atom. The van der Waals surface area contributed by atoms with Crippen LogP contribution in [0, 0.1) is 5.82 Å². The molecular weight excluding hydrogens is 201 g/mol. The van der Waals surface area contributed by atoms with E-state index in [9.17, 15) is 9.18 Å². The molecule has 4 heteroatoms. The first-order chi connectivity index (χ1) is 6.50. The Hall–Kier alpha value is -1.03. The number of carbonyl (C=O) groups excluding carboxylic acids is 1. The number of anilines is 1. The van der Waals surface area contributed by atoms with E-state index in [2.05, 4.69) is 5.32 Å². The first-order valence-corrected chi connectivity index (χ1v) is 5.11. The Morgan fingerprint density at radius 2 is 2.14 bits per heavy atom. The van der Waals surface area contributed by atoms with E-state index in [-0.39, 0.29) is 10.9 Å². The SMILES string of the molecule is CC1(C)Nc2cccc(F)c2SC1=O. The molecule has 1 heterocycles. The van der Waals surface area contributed by atoms with E-state index < -0.39 is 5.54 Å². The number of thioether (sulfide) groups is 1. The predicted molar refractivity (Wildman–Crippen MR) is 55.0 cm³/mol. The second-order valence-corrected chi connectivity index (χ2v) is 4.74. The molecule has 1 aliphatic heterocycles. The fourth-order valence-corrected chi connectivity index (χ4v) is 2.21. The van der Waals surface area contributed by atoms with Gasteiger partial charge in [0, 0.05) is 0 Å². The smallest absolute Gasteiger partial charge is 0.218 e. The topological polar surface area (TPSA) is 29.1 Å². The molecule has 0 spiro atoms. The molecule has 1 aliphatic rings. The zero-order valence-electron chi connectivity index (χ0n) is 7.93. The number of rotatable bonds is 0. The number of halogens is 1. The number of nitrogens with one attached hydrogen (secondary N) is 1. The monoisotopic (exact) mass is 211 g/mol. The van der Waals surface area contributed by atoms with Crippen molar-refractivity contribution in [1.82, 2.24) is 0 Å². The zero-order chi connectivity index (χ0) is 10.3. The van der Waals surface area contributed by atoms with Crippen molar-refractivity contribution in [2.45, 2.75) is 24.3 Å². The van der Waals surface area contributed by atoms with Crippen LogP contribution in [0.1, 0.15) is 13.8 Å². The Labute approximate surface area is 85.9 Å². The molecule has 1 aromatic carbocycles. The van der Waals surface area contributed by atoms with Crippen LogP contribution in [0.15, 0.2) is 23.1 Å². The Bertz CT molecular complexity index is 403. The van der Waals surface area contributed by atoms with Gasteiger partial charge in [0.25, 0.3) is 0 Å². The van der Waals surface area contributed by atoms with Crippen LogP contribution in [0.2, 0.25) is 0 Å². The van der Waals surface area contributed by atoms with Crippen molar-refractivity contribution < 1.29 is 9.18 Å². The van der Waals surface area contributed by atoms with Gasteiger partial charge in [0.15, 0.2) is 0 Å². The summed E-state index contributed by atoms with van der Waals surface area (Å²) in [6, 6.07) is 4.77. The summed E-state index contributed by atoms with van der Waals surface area (Å²) in [6.45, 7) is 3.58. The van der Waals surface area contributed by atoms with Crippen LogP contribution in [0.5, 0.6) is 0 Å². The largest absolute Gasteiger partial charge is 0.371 e. The molecule has 0 unspecified atom stereocenters. The highest BCUT2D eigenvalue weighted by molar-refractivity contribution is 8.14. The zero-order valence-corrected chi connectivity index (χ0v) is 8.74. The molecule has 0 aromatic heterocycles. The molecule has 0 fully saturated rings. The quantitative estimate of drug-likeness (QED) is 0.715. The Balaban J connectivity index is 2.51. The van der Waals surface area contributed by atoms with E-state index >= 15 is 0 Å². The van der Waals surface area contributed by atoms with Crippen LogP contribution in [-0.2, 0) is 4.79 Å². The lowest BCUT2D eigenvalue weighted by molar-refractivity contribution is -0.114. The van der Waals surface area contributed by atoms with Crippen molar-refractivity contribution in [1.29, 1.82) is 0 Å². The van der Waals surface area contributed by atoms with E-state index in [1.165, 1.54) is 6.07 Å². The van der Waals surface area contributed by atoms with Gasteiger partial charge in [0.2, 0.25) is 5.12 Å². The Morgan fingerprint density at radius 3 is 2.86 bits per heavy atom. The normalized spacial score (nSPS) is 18.6. The van der Waals surface area contributed by atoms with Crippen molar-refractivity contribution >= 4 is 22.6 Å². The number of fused-ring (bicyclic) bond motifs is 1. The fourth-order valence-electron chi connectivity index (χ4n) is 1.32. The van der Waals surface area contributed by atoms with E-state index in [4.69, 9.17) is 0 Å². The van der Waals surface area contributed by atoms with E-state index in [1.54, 1.807) is 26.0 Å². The summed E-state index contributed by atoms with van der Waals surface area (Å²) in [6.07, 6.45) is 0. The molecule has 2 nitrogen and oxygen atoms in total. The second-order valence-electron chi connectivity index (χ2n) is 3.76. The lowest BCUT2D eigenvalue weighted by Crippen LogP contribution is -2.41. The van der Waals surface area contributed by atoms with Crippen molar-refractivity contribution in [2.75, 3.05) is 5.32 Å². The molecule has 0 saturated heterocycles. The van der Waals surface area contributed by atoms with Gasteiger partial charge in [-0.2, -0.15) is 0 Å². The molecular formula is C10H10FNOS. The summed E-state index contributed by atoms with van der Waals surface area (Å²) in [5, 5.41) is 2.96. The molecule has 1 N–H and O–H groups in total. The fraction of sp³-hybridized carbons (Fsp3) is 0.300. The van der Waals surface area contributed by atoms with Gasteiger partial charge in [-0.15, -0.1) is 0 Å². The van der Waals surface area contributed by atoms with Gasteiger partial charge < -0.3 is 5.32 Å². The molecule has 0 amide bonds. The average Bonchev–Trinajstić information content (AvgIpc) is 2.08. The molecule has 0 radical (unpaired) electrons. The van der Waals surface area contributed by atoms with Crippen LogP contribution in [0.4, 0.5) is 10.1 Å². The van der Waals surface area contributed by atoms with Crippen LogP contribution in [-0.4, -0.2) is 10.7 Å². The van der Waals surface area contributed by atoms with Crippen LogP contribution < -0.4 is 5.32 Å². The summed E-state index contributed by atoms with van der Waals surface area (Å²) >= 11 is 0.969. The molecule has 0 aliphatic carbocycles. The summed E-state index contributed by atoms with van der Waals surface area (Å²) < 4.78 is 13.3. The molecule has 0 saturated carbocycles. The van der Waals surface area contributed by atoms with Gasteiger partial charge in [0.1, 0.15) is 11.4 Å². The first kappa shape index (κ1) is 9.52. The van der Waals surface area contributed by atoms with Crippen molar-refractivity contribution in [3.8, 4) is 0 Å². The minimum absolute atomic E-state index is 0.0601. The number of hydrogen-bond donors (Lipinski definition) is 1. The summed E-state index contributed by atoms with van der Waals surface area (Å²) in [5.74, 6) is -0.344. The lowest BCUT2D eigenvalue weighted by Gasteiger charge is -2.31. The maximum atomic E-state index is 13.3. The maximum absolute atomic E-state index is 13.3. The standard InChI is InChI=1S/C10H10FNOS/c1-10(2)9(13)14-8-6(11)4-3-5-7(8)12-10/h3-5,12H,1-2H3. The second kappa shape index (κ2) is 2.98. The van der Waals surface area contributed by atoms with Gasteiger partial charge in [-0.25, -0.2) is 4.39 Å². The van der Waals surface area contributed by atoms with Crippen molar-refractivity contribution in [3.63, 3.8) is 0 Å². The first-order valence-electron chi connectivity index (χ1n) is 4.30. The predicted octanol–water partition coefficient (Wildman–Crippen LogP) is 2.65. The maximum Gasteiger partial charge on any atom is 0.218 e. The van der Waals surface area contributed by atoms with E-state index in [0.717, 1.165) is 11.8 Å². The van der Waals surface area contributed by atoms with Gasteiger partial charge in [-0.3, -0.25) is 4.79 Å². The summed E-state index contributed by atoms with van der Waals surface area (Å²) in [7, 11) is 0. The van der Waals surface area contributed by atoms with Crippen molar-refractivity contribution in [3.05, 3.63) is 24.0 Å².